The molecule has 0 saturated carbocycles. The predicted octanol–water partition coefficient (Wildman–Crippen LogP) is 3.78. The van der Waals surface area contributed by atoms with Crippen molar-refractivity contribution in [3.63, 3.8) is 0 Å². The minimum Gasteiger partial charge on any atom is -0.492 e. The van der Waals surface area contributed by atoms with Gasteiger partial charge in [-0.25, -0.2) is 0 Å². The van der Waals surface area contributed by atoms with Crippen molar-refractivity contribution in [2.24, 2.45) is 5.92 Å². The number of halogens is 2. The monoisotopic (exact) mass is 331 g/mol. The summed E-state index contributed by atoms with van der Waals surface area (Å²) in [6, 6.07) is 7.96. The zero-order chi connectivity index (χ0) is 13.0. The van der Waals surface area contributed by atoms with E-state index in [9.17, 15) is 0 Å². The lowest BCUT2D eigenvalue weighted by Gasteiger charge is -2.33. The molecule has 1 aliphatic heterocycles. The van der Waals surface area contributed by atoms with E-state index in [-0.39, 0.29) is 0 Å². The highest BCUT2D eigenvalue weighted by molar-refractivity contribution is 9.10. The third-order valence-corrected chi connectivity index (χ3v) is 4.55. The van der Waals surface area contributed by atoms with Crippen LogP contribution in [0, 0.1) is 5.92 Å². The quantitative estimate of drug-likeness (QED) is 0.778. The molecule has 1 aromatic carbocycles. The van der Waals surface area contributed by atoms with Gasteiger partial charge in [-0.3, -0.25) is 4.90 Å². The van der Waals surface area contributed by atoms with Crippen LogP contribution in [0.2, 0.25) is 0 Å². The molecule has 0 aliphatic carbocycles. The highest BCUT2D eigenvalue weighted by Gasteiger charge is 2.23. The molecule has 4 heteroatoms. The van der Waals surface area contributed by atoms with Gasteiger partial charge in [0.25, 0.3) is 0 Å². The lowest BCUT2D eigenvalue weighted by Crippen LogP contribution is -2.41. The van der Waals surface area contributed by atoms with Crippen LogP contribution in [-0.2, 0) is 0 Å². The van der Waals surface area contributed by atoms with E-state index < -0.39 is 0 Å². The van der Waals surface area contributed by atoms with E-state index in [1.807, 2.05) is 24.3 Å². The summed E-state index contributed by atoms with van der Waals surface area (Å²) in [5.74, 6) is 1.51. The molecule has 0 aromatic heterocycles. The Hall–Kier alpha value is -0.250. The number of piperidine rings is 1. The minimum atomic E-state index is 0.341. The maximum absolute atomic E-state index is 6.21. The van der Waals surface area contributed by atoms with E-state index in [1.54, 1.807) is 0 Å². The van der Waals surface area contributed by atoms with Crippen LogP contribution < -0.4 is 4.74 Å². The zero-order valence-electron chi connectivity index (χ0n) is 10.6. The van der Waals surface area contributed by atoms with Gasteiger partial charge in [0.2, 0.25) is 0 Å². The van der Waals surface area contributed by atoms with Crippen LogP contribution in [0.15, 0.2) is 28.7 Å². The third kappa shape index (κ3) is 4.15. The molecule has 2 nitrogen and oxygen atoms in total. The van der Waals surface area contributed by atoms with Crippen molar-refractivity contribution >= 4 is 27.5 Å². The molecule has 0 radical (unpaired) electrons. The first-order valence-corrected chi connectivity index (χ1v) is 7.63. The van der Waals surface area contributed by atoms with Crippen molar-refractivity contribution in [3.05, 3.63) is 28.7 Å². The van der Waals surface area contributed by atoms with Gasteiger partial charge >= 0.3 is 0 Å². The summed E-state index contributed by atoms with van der Waals surface area (Å²) in [6.07, 6.45) is 1.08. The molecule has 0 amide bonds. The molecule has 1 saturated heterocycles. The maximum atomic E-state index is 6.21. The van der Waals surface area contributed by atoms with Crippen LogP contribution in [0.3, 0.4) is 0 Å². The smallest absolute Gasteiger partial charge is 0.119 e. The SMILES string of the molecule is CC1CN(CCOc2ccc(Br)cc2)CCC1Cl. The minimum absolute atomic E-state index is 0.341. The molecular formula is C14H19BrClNO. The maximum Gasteiger partial charge on any atom is 0.119 e. The molecule has 2 unspecified atom stereocenters. The molecule has 100 valence electrons. The van der Waals surface area contributed by atoms with Crippen LogP contribution in [0.1, 0.15) is 13.3 Å². The fourth-order valence-electron chi connectivity index (χ4n) is 2.23. The fourth-order valence-corrected chi connectivity index (χ4v) is 2.67. The largest absolute Gasteiger partial charge is 0.492 e. The highest BCUT2D eigenvalue weighted by Crippen LogP contribution is 2.21. The lowest BCUT2D eigenvalue weighted by molar-refractivity contribution is 0.156. The van der Waals surface area contributed by atoms with Crippen molar-refractivity contribution in [3.8, 4) is 5.75 Å². The molecule has 0 N–H and O–H groups in total. The summed E-state index contributed by atoms with van der Waals surface area (Å²) in [6.45, 7) is 6.10. The van der Waals surface area contributed by atoms with Gasteiger partial charge in [-0.1, -0.05) is 22.9 Å². The number of alkyl halides is 1. The fraction of sp³-hybridized carbons (Fsp3) is 0.571. The Balaban J connectivity index is 1.71. The van der Waals surface area contributed by atoms with Crippen molar-refractivity contribution in [1.82, 2.24) is 4.90 Å². The molecular weight excluding hydrogens is 314 g/mol. The molecule has 1 fully saturated rings. The van der Waals surface area contributed by atoms with E-state index in [1.165, 1.54) is 0 Å². The van der Waals surface area contributed by atoms with Gasteiger partial charge in [-0.2, -0.15) is 0 Å². The summed E-state index contributed by atoms with van der Waals surface area (Å²) < 4.78 is 6.81. The number of hydrogen-bond donors (Lipinski definition) is 0. The molecule has 0 spiro atoms. The molecule has 0 bridgehead atoms. The van der Waals surface area contributed by atoms with E-state index >= 15 is 0 Å². The first-order chi connectivity index (χ1) is 8.65. The number of nitrogens with zero attached hydrogens (tertiary/aromatic N) is 1. The Morgan fingerprint density at radius 1 is 1.39 bits per heavy atom. The van der Waals surface area contributed by atoms with Crippen LogP contribution >= 0.6 is 27.5 Å². The number of hydrogen-bond acceptors (Lipinski definition) is 2. The van der Waals surface area contributed by atoms with Gasteiger partial charge in [0.15, 0.2) is 0 Å². The van der Waals surface area contributed by atoms with Crippen LogP contribution in [0.5, 0.6) is 5.75 Å². The van der Waals surface area contributed by atoms with Gasteiger partial charge in [-0.05, 0) is 43.1 Å². The van der Waals surface area contributed by atoms with E-state index in [0.29, 0.717) is 11.3 Å². The summed E-state index contributed by atoms with van der Waals surface area (Å²) in [5, 5.41) is 0.341. The average molecular weight is 333 g/mol. The number of benzene rings is 1. The lowest BCUT2D eigenvalue weighted by atomic mass is 10.00. The van der Waals surface area contributed by atoms with E-state index in [2.05, 4.69) is 27.8 Å². The van der Waals surface area contributed by atoms with Crippen molar-refractivity contribution in [1.29, 1.82) is 0 Å². The molecule has 1 aliphatic rings. The second kappa shape index (κ2) is 6.78. The molecule has 2 rings (SSSR count). The van der Waals surface area contributed by atoms with Crippen molar-refractivity contribution < 1.29 is 4.74 Å². The van der Waals surface area contributed by atoms with Gasteiger partial charge < -0.3 is 4.74 Å². The molecule has 1 aromatic rings. The molecule has 2 atom stereocenters. The summed E-state index contributed by atoms with van der Waals surface area (Å²) in [7, 11) is 0. The van der Waals surface area contributed by atoms with Crippen molar-refractivity contribution in [2.75, 3.05) is 26.2 Å². The molecule has 1 heterocycles. The standard InChI is InChI=1S/C14H19BrClNO/c1-11-10-17(7-6-14(11)16)8-9-18-13-4-2-12(15)3-5-13/h2-5,11,14H,6-10H2,1H3. The number of ether oxygens (including phenoxy) is 1. The van der Waals surface area contributed by atoms with Crippen molar-refractivity contribution in [2.45, 2.75) is 18.7 Å². The molecule has 18 heavy (non-hydrogen) atoms. The highest BCUT2D eigenvalue weighted by atomic mass is 79.9. The summed E-state index contributed by atoms with van der Waals surface area (Å²) in [5.41, 5.74) is 0. The normalized spacial score (nSPS) is 25.1. The van der Waals surface area contributed by atoms with E-state index in [4.69, 9.17) is 16.3 Å². The summed E-state index contributed by atoms with van der Waals surface area (Å²) in [4.78, 5) is 2.43. The third-order valence-electron chi connectivity index (χ3n) is 3.37. The second-order valence-corrected chi connectivity index (χ2v) is 6.36. The van der Waals surface area contributed by atoms with Crippen LogP contribution in [-0.4, -0.2) is 36.5 Å². The van der Waals surface area contributed by atoms with E-state index in [0.717, 1.165) is 42.9 Å². The Morgan fingerprint density at radius 2 is 2.11 bits per heavy atom. The second-order valence-electron chi connectivity index (χ2n) is 4.88. The first-order valence-electron chi connectivity index (χ1n) is 6.40. The van der Waals surface area contributed by atoms with Crippen LogP contribution in [0.4, 0.5) is 0 Å². The zero-order valence-corrected chi connectivity index (χ0v) is 13.0. The van der Waals surface area contributed by atoms with Gasteiger partial charge in [0.1, 0.15) is 12.4 Å². The first kappa shape index (κ1) is 14.2. The van der Waals surface area contributed by atoms with Gasteiger partial charge in [0.05, 0.1) is 0 Å². The Morgan fingerprint density at radius 3 is 2.78 bits per heavy atom. The Kier molecular flexibility index (Phi) is 5.34. The predicted molar refractivity (Wildman–Crippen MR) is 79.5 cm³/mol. The topological polar surface area (TPSA) is 12.5 Å². The Labute approximate surface area is 122 Å². The van der Waals surface area contributed by atoms with Gasteiger partial charge in [-0.15, -0.1) is 11.6 Å². The summed E-state index contributed by atoms with van der Waals surface area (Å²) >= 11 is 9.63. The van der Waals surface area contributed by atoms with Gasteiger partial charge in [0, 0.05) is 22.9 Å². The Bertz CT molecular complexity index is 371. The average Bonchev–Trinajstić information content (AvgIpc) is 2.36. The van der Waals surface area contributed by atoms with Crippen LogP contribution in [0.25, 0.3) is 0 Å². The number of rotatable bonds is 4. The number of likely N-dealkylation sites (tertiary alicyclic amines) is 1.